The largest absolute Gasteiger partial charge is 0.463 e. The van der Waals surface area contributed by atoms with Crippen molar-refractivity contribution in [2.24, 2.45) is 0 Å². The fourth-order valence-electron chi connectivity index (χ4n) is 1.24. The van der Waals surface area contributed by atoms with Crippen molar-refractivity contribution >= 4 is 11.9 Å². The minimum Gasteiger partial charge on any atom is -0.463 e. The summed E-state index contributed by atoms with van der Waals surface area (Å²) < 4.78 is 9.77. The van der Waals surface area contributed by atoms with Crippen LogP contribution in [0.4, 0.5) is 0 Å². The van der Waals surface area contributed by atoms with E-state index in [4.69, 9.17) is 9.47 Å². The van der Waals surface area contributed by atoms with E-state index in [1.165, 1.54) is 0 Å². The second-order valence-electron chi connectivity index (χ2n) is 4.05. The van der Waals surface area contributed by atoms with Crippen molar-refractivity contribution < 1.29 is 19.1 Å². The van der Waals surface area contributed by atoms with Crippen LogP contribution in [0.25, 0.3) is 0 Å². The van der Waals surface area contributed by atoms with Gasteiger partial charge < -0.3 is 9.47 Å². The van der Waals surface area contributed by atoms with E-state index in [0.717, 1.165) is 19.3 Å². The molecule has 0 N–H and O–H groups in total. The van der Waals surface area contributed by atoms with Gasteiger partial charge in [-0.15, -0.1) is 0 Å². The zero-order valence-electron chi connectivity index (χ0n) is 11.3. The molecule has 4 nitrogen and oxygen atoms in total. The van der Waals surface area contributed by atoms with Crippen molar-refractivity contribution in [2.75, 3.05) is 13.2 Å². The molecule has 0 aromatic rings. The molecule has 0 aliphatic rings. The number of carbonyl (C=O) groups is 2. The molecular weight excluding hydrogens is 232 g/mol. The molecular formula is C14H22O4. The number of hydrogen-bond donors (Lipinski definition) is 0. The lowest BCUT2D eigenvalue weighted by molar-refractivity contribution is -0.139. The zero-order valence-corrected chi connectivity index (χ0v) is 11.3. The van der Waals surface area contributed by atoms with Crippen molar-refractivity contribution in [3.8, 4) is 0 Å². The fraction of sp³-hybridized carbons (Fsp3) is 0.571. The molecule has 0 aliphatic carbocycles. The van der Waals surface area contributed by atoms with E-state index in [1.807, 2.05) is 0 Å². The van der Waals surface area contributed by atoms with Gasteiger partial charge in [0.15, 0.2) is 0 Å². The first kappa shape index (κ1) is 16.4. The first-order valence-electron chi connectivity index (χ1n) is 6.16. The van der Waals surface area contributed by atoms with Crippen LogP contribution >= 0.6 is 0 Å². The highest BCUT2D eigenvalue weighted by molar-refractivity contribution is 5.87. The van der Waals surface area contributed by atoms with Gasteiger partial charge in [-0.1, -0.05) is 13.2 Å². The number of rotatable bonds is 9. The monoisotopic (exact) mass is 254 g/mol. The summed E-state index contributed by atoms with van der Waals surface area (Å²) in [6.45, 7) is 11.3. The highest BCUT2D eigenvalue weighted by atomic mass is 16.5. The van der Waals surface area contributed by atoms with Gasteiger partial charge in [0.25, 0.3) is 0 Å². The van der Waals surface area contributed by atoms with Crippen molar-refractivity contribution in [1.82, 2.24) is 0 Å². The molecule has 4 heteroatoms. The topological polar surface area (TPSA) is 52.6 Å². The minimum atomic E-state index is -0.356. The highest BCUT2D eigenvalue weighted by Gasteiger charge is 2.07. The van der Waals surface area contributed by atoms with Crippen LogP contribution in [0, 0.1) is 0 Å². The van der Waals surface area contributed by atoms with Crippen LogP contribution in [-0.4, -0.2) is 25.2 Å². The molecule has 0 rings (SSSR count). The third-order valence-corrected chi connectivity index (χ3v) is 2.27. The van der Waals surface area contributed by atoms with Crippen molar-refractivity contribution in [2.45, 2.75) is 39.5 Å². The summed E-state index contributed by atoms with van der Waals surface area (Å²) in [6.07, 6.45) is 3.10. The molecule has 0 aromatic heterocycles. The summed E-state index contributed by atoms with van der Waals surface area (Å²) >= 11 is 0. The van der Waals surface area contributed by atoms with Gasteiger partial charge in [0.05, 0.1) is 13.2 Å². The average molecular weight is 254 g/mol. The molecule has 0 aliphatic heterocycles. The normalized spacial score (nSPS) is 9.67. The molecule has 18 heavy (non-hydrogen) atoms. The number of hydrogen-bond acceptors (Lipinski definition) is 4. The quantitative estimate of drug-likeness (QED) is 0.360. The van der Waals surface area contributed by atoms with Crippen LogP contribution in [0.3, 0.4) is 0 Å². The van der Waals surface area contributed by atoms with E-state index in [-0.39, 0.29) is 11.9 Å². The number of carbonyl (C=O) groups excluding carboxylic acids is 2. The Morgan fingerprint density at radius 1 is 1.00 bits per heavy atom. The average Bonchev–Trinajstić information content (AvgIpc) is 2.32. The second kappa shape index (κ2) is 9.45. The lowest BCUT2D eigenvalue weighted by atomic mass is 10.1. The van der Waals surface area contributed by atoms with Crippen LogP contribution in [-0.2, 0) is 19.1 Å². The van der Waals surface area contributed by atoms with E-state index in [1.54, 1.807) is 13.8 Å². The van der Waals surface area contributed by atoms with E-state index >= 15 is 0 Å². The van der Waals surface area contributed by atoms with E-state index in [9.17, 15) is 9.59 Å². The predicted octanol–water partition coefficient (Wildman–Crippen LogP) is 2.79. The molecule has 0 saturated carbocycles. The maximum atomic E-state index is 11.2. The summed E-state index contributed by atoms with van der Waals surface area (Å²) in [5, 5.41) is 0. The summed E-state index contributed by atoms with van der Waals surface area (Å²) in [7, 11) is 0. The predicted molar refractivity (Wildman–Crippen MR) is 70.0 cm³/mol. The molecule has 0 amide bonds. The standard InChI is InChI=1S/C14H22O4/c1-5-17-14(16)12(4)9-7-6-8-10-18-13(15)11(2)3/h2,4-10H2,1,3H3. The van der Waals surface area contributed by atoms with Crippen molar-refractivity contribution in [1.29, 1.82) is 0 Å². The first-order valence-corrected chi connectivity index (χ1v) is 6.16. The van der Waals surface area contributed by atoms with Gasteiger partial charge in [-0.2, -0.15) is 0 Å². The van der Waals surface area contributed by atoms with Crippen LogP contribution < -0.4 is 0 Å². The Balaban J connectivity index is 3.51. The van der Waals surface area contributed by atoms with Crippen LogP contribution in [0.2, 0.25) is 0 Å². The van der Waals surface area contributed by atoms with E-state index < -0.39 is 0 Å². The van der Waals surface area contributed by atoms with Gasteiger partial charge in [-0.3, -0.25) is 0 Å². The van der Waals surface area contributed by atoms with Gasteiger partial charge in [-0.25, -0.2) is 9.59 Å². The molecule has 0 aromatic carbocycles. The maximum absolute atomic E-state index is 11.2. The fourth-order valence-corrected chi connectivity index (χ4v) is 1.24. The molecule has 0 unspecified atom stereocenters. The summed E-state index contributed by atoms with van der Waals surface area (Å²) in [5.74, 6) is -0.683. The maximum Gasteiger partial charge on any atom is 0.333 e. The first-order chi connectivity index (χ1) is 8.49. The van der Waals surface area contributed by atoms with Crippen LogP contribution in [0.1, 0.15) is 39.5 Å². The van der Waals surface area contributed by atoms with Crippen LogP contribution in [0.15, 0.2) is 24.3 Å². The van der Waals surface area contributed by atoms with E-state index in [0.29, 0.717) is 30.8 Å². The molecule has 0 fully saturated rings. The van der Waals surface area contributed by atoms with Crippen molar-refractivity contribution in [3.63, 3.8) is 0 Å². The van der Waals surface area contributed by atoms with Gasteiger partial charge in [0.1, 0.15) is 0 Å². The summed E-state index contributed by atoms with van der Waals surface area (Å²) in [5.41, 5.74) is 0.904. The molecule has 0 heterocycles. The smallest absolute Gasteiger partial charge is 0.333 e. The molecule has 0 atom stereocenters. The third kappa shape index (κ3) is 7.65. The number of ether oxygens (including phenoxy) is 2. The number of unbranched alkanes of at least 4 members (excludes halogenated alkanes) is 2. The van der Waals surface area contributed by atoms with E-state index in [2.05, 4.69) is 13.2 Å². The molecule has 0 bridgehead atoms. The minimum absolute atomic E-state index is 0.328. The molecule has 0 saturated heterocycles. The Morgan fingerprint density at radius 3 is 2.22 bits per heavy atom. The molecule has 102 valence electrons. The van der Waals surface area contributed by atoms with Crippen molar-refractivity contribution in [3.05, 3.63) is 24.3 Å². The SMILES string of the molecule is C=C(C)C(=O)OCCCCCC(=C)C(=O)OCC. The zero-order chi connectivity index (χ0) is 14.0. The molecule has 0 spiro atoms. The number of esters is 2. The Morgan fingerprint density at radius 2 is 1.67 bits per heavy atom. The third-order valence-electron chi connectivity index (χ3n) is 2.27. The lowest BCUT2D eigenvalue weighted by Crippen LogP contribution is -2.07. The van der Waals surface area contributed by atoms with Gasteiger partial charge in [-0.05, 0) is 39.5 Å². The Kier molecular flexibility index (Phi) is 8.62. The summed E-state index contributed by atoms with van der Waals surface area (Å²) in [6, 6.07) is 0. The van der Waals surface area contributed by atoms with Gasteiger partial charge in [0.2, 0.25) is 0 Å². The highest BCUT2D eigenvalue weighted by Crippen LogP contribution is 2.09. The summed E-state index contributed by atoms with van der Waals surface area (Å²) in [4.78, 5) is 22.3. The second-order valence-corrected chi connectivity index (χ2v) is 4.05. The van der Waals surface area contributed by atoms with Gasteiger partial charge >= 0.3 is 11.9 Å². The molecule has 0 radical (unpaired) electrons. The Bertz CT molecular complexity index is 318. The Labute approximate surface area is 109 Å². The van der Waals surface area contributed by atoms with Gasteiger partial charge in [0, 0.05) is 11.1 Å². The van der Waals surface area contributed by atoms with Crippen LogP contribution in [0.5, 0.6) is 0 Å². The Hall–Kier alpha value is -1.58. The lowest BCUT2D eigenvalue weighted by Gasteiger charge is -2.06.